The molecule has 0 spiro atoms. The van der Waals surface area contributed by atoms with Crippen molar-refractivity contribution in [1.29, 1.82) is 0 Å². The smallest absolute Gasteiger partial charge is 0.332 e. The molecule has 0 aliphatic heterocycles. The van der Waals surface area contributed by atoms with Gasteiger partial charge in [0, 0.05) is 50.5 Å². The van der Waals surface area contributed by atoms with E-state index in [4.69, 9.17) is 16.5 Å². The number of imidazole rings is 1. The zero-order chi connectivity index (χ0) is 28.6. The van der Waals surface area contributed by atoms with Gasteiger partial charge in [0.05, 0.1) is 12.8 Å². The summed E-state index contributed by atoms with van der Waals surface area (Å²) >= 11 is 0. The molecule has 2 heterocycles. The summed E-state index contributed by atoms with van der Waals surface area (Å²) in [5, 5.41) is 13.2. The number of nitrogen functional groups attached to an aromatic ring is 2. The highest BCUT2D eigenvalue weighted by Crippen LogP contribution is 2.20. The van der Waals surface area contributed by atoms with Crippen molar-refractivity contribution in [2.24, 2.45) is 0 Å². The van der Waals surface area contributed by atoms with Gasteiger partial charge in [0.25, 0.3) is 5.56 Å². The number of halogens is 1. The van der Waals surface area contributed by atoms with Gasteiger partial charge in [-0.1, -0.05) is 37.3 Å². The third kappa shape index (κ3) is 6.60. The minimum Gasteiger partial charge on any atom is -0.399 e. The molecule has 1 atom stereocenters. The van der Waals surface area contributed by atoms with E-state index < -0.39 is 24.0 Å². The molecule has 0 fully saturated rings. The lowest BCUT2D eigenvalue weighted by atomic mass is 10.1. The number of hydrogen-bond donors (Lipinski definition) is 4. The van der Waals surface area contributed by atoms with E-state index in [0.29, 0.717) is 56.1 Å². The Morgan fingerprint density at radius 2 is 1.82 bits per heavy atom. The second-order valence-corrected chi connectivity index (χ2v) is 9.92. The van der Waals surface area contributed by atoms with Crippen LogP contribution in [0.1, 0.15) is 36.7 Å². The number of nitrogens with two attached hydrogens (primary N) is 2. The Kier molecular flexibility index (Phi) is 9.73. The lowest BCUT2D eigenvalue weighted by Gasteiger charge is -2.14. The molecule has 0 bridgehead atoms. The Morgan fingerprint density at radius 1 is 1.02 bits per heavy atom. The van der Waals surface area contributed by atoms with Crippen molar-refractivity contribution in [3.8, 4) is 0 Å². The van der Waals surface area contributed by atoms with Crippen molar-refractivity contribution in [3.63, 3.8) is 0 Å². The van der Waals surface area contributed by atoms with Crippen molar-refractivity contribution in [1.82, 2.24) is 24.0 Å². The summed E-state index contributed by atoms with van der Waals surface area (Å²) in [5.74, 6) is 0.586. The van der Waals surface area contributed by atoms with E-state index >= 15 is 0 Å². The highest BCUT2D eigenvalue weighted by atomic mass is 19.1. The second-order valence-electron chi connectivity index (χ2n) is 9.92. The van der Waals surface area contributed by atoms with E-state index in [2.05, 4.69) is 5.32 Å². The van der Waals surface area contributed by atoms with E-state index in [1.807, 2.05) is 47.9 Å². The van der Waals surface area contributed by atoms with Crippen LogP contribution in [0.4, 0.5) is 15.8 Å². The molecular weight excluding hydrogens is 513 g/mol. The van der Waals surface area contributed by atoms with Gasteiger partial charge in [0.2, 0.25) is 0 Å². The first kappa shape index (κ1) is 29.0. The van der Waals surface area contributed by atoms with Gasteiger partial charge in [-0.2, -0.15) is 0 Å². The van der Waals surface area contributed by atoms with E-state index in [1.165, 1.54) is 4.57 Å². The van der Waals surface area contributed by atoms with Crippen LogP contribution in [0.25, 0.3) is 11.2 Å². The highest BCUT2D eigenvalue weighted by Gasteiger charge is 2.22. The Balaban J connectivity index is 1.83. The topological polar surface area (TPSA) is 146 Å². The van der Waals surface area contributed by atoms with E-state index in [1.54, 1.807) is 12.1 Å². The SMILES string of the molecule is CCC(O)CNCCn1c(Cc2ccccc2N)nc2c1c(=O)n(CCCF)c(=O)n2CCc1cccc(N)c1. The van der Waals surface area contributed by atoms with Gasteiger partial charge < -0.3 is 26.5 Å². The number of aromatic nitrogens is 4. The first-order chi connectivity index (χ1) is 19.3. The molecule has 0 amide bonds. The van der Waals surface area contributed by atoms with Crippen LogP contribution in [0, 0.1) is 0 Å². The van der Waals surface area contributed by atoms with Gasteiger partial charge in [-0.05, 0) is 48.6 Å². The van der Waals surface area contributed by atoms with Crippen molar-refractivity contribution >= 4 is 22.5 Å². The molecule has 6 N–H and O–H groups in total. The van der Waals surface area contributed by atoms with Gasteiger partial charge in [-0.3, -0.25) is 18.3 Å². The fraction of sp³-hybridized carbons (Fsp3) is 0.414. The van der Waals surface area contributed by atoms with Crippen LogP contribution in [0.3, 0.4) is 0 Å². The molecule has 2 aromatic heterocycles. The maximum atomic E-state index is 13.7. The minimum atomic E-state index is -0.644. The first-order valence-electron chi connectivity index (χ1n) is 13.7. The Bertz CT molecular complexity index is 1560. The number of nitrogens with zero attached hydrogens (tertiary/aromatic N) is 4. The van der Waals surface area contributed by atoms with Gasteiger partial charge in [-0.25, -0.2) is 9.78 Å². The van der Waals surface area contributed by atoms with Gasteiger partial charge >= 0.3 is 5.69 Å². The maximum Gasteiger partial charge on any atom is 0.332 e. The zero-order valence-corrected chi connectivity index (χ0v) is 22.9. The molecule has 4 aromatic rings. The van der Waals surface area contributed by atoms with Crippen LogP contribution >= 0.6 is 0 Å². The number of nitrogens with one attached hydrogen (secondary N) is 1. The fourth-order valence-electron chi connectivity index (χ4n) is 4.79. The fourth-order valence-corrected chi connectivity index (χ4v) is 4.79. The number of alkyl halides is 1. The molecule has 40 heavy (non-hydrogen) atoms. The normalized spacial score (nSPS) is 12.3. The predicted octanol–water partition coefficient (Wildman–Crippen LogP) is 2.08. The van der Waals surface area contributed by atoms with Gasteiger partial charge in [0.15, 0.2) is 11.2 Å². The minimum absolute atomic E-state index is 0.0323. The number of anilines is 2. The molecule has 0 saturated heterocycles. The quantitative estimate of drug-likeness (QED) is 0.139. The summed E-state index contributed by atoms with van der Waals surface area (Å²) < 4.78 is 17.6. The molecule has 10 nitrogen and oxygen atoms in total. The summed E-state index contributed by atoms with van der Waals surface area (Å²) in [6, 6.07) is 14.9. The van der Waals surface area contributed by atoms with Gasteiger partial charge in [0.1, 0.15) is 5.82 Å². The van der Waals surface area contributed by atoms with Crippen LogP contribution in [0.2, 0.25) is 0 Å². The molecule has 11 heteroatoms. The molecule has 1 unspecified atom stereocenters. The summed E-state index contributed by atoms with van der Waals surface area (Å²) in [4.78, 5) is 32.1. The molecule has 0 aliphatic rings. The van der Waals surface area contributed by atoms with Crippen LogP contribution in [0.5, 0.6) is 0 Å². The van der Waals surface area contributed by atoms with Crippen LogP contribution in [-0.2, 0) is 32.5 Å². The van der Waals surface area contributed by atoms with Crippen LogP contribution in [-0.4, -0.2) is 49.7 Å². The number of aliphatic hydroxyl groups excluding tert-OH is 1. The van der Waals surface area contributed by atoms with Crippen molar-refractivity contribution in [2.45, 2.75) is 58.3 Å². The number of aryl methyl sites for hydroxylation is 2. The average Bonchev–Trinajstić information content (AvgIpc) is 3.29. The van der Waals surface area contributed by atoms with Crippen LogP contribution in [0.15, 0.2) is 58.1 Å². The molecule has 4 rings (SSSR count). The first-order valence-corrected chi connectivity index (χ1v) is 13.7. The zero-order valence-electron chi connectivity index (χ0n) is 22.9. The summed E-state index contributed by atoms with van der Waals surface area (Å²) in [5.41, 5.74) is 14.7. The van der Waals surface area contributed by atoms with Crippen molar-refractivity contribution in [2.75, 3.05) is 31.2 Å². The number of aliphatic hydroxyl groups is 1. The lowest BCUT2D eigenvalue weighted by Crippen LogP contribution is -2.41. The Hall–Kier alpha value is -3.96. The molecule has 0 radical (unpaired) electrons. The number of benzene rings is 2. The number of rotatable bonds is 14. The highest BCUT2D eigenvalue weighted by molar-refractivity contribution is 5.71. The monoisotopic (exact) mass is 551 g/mol. The molecule has 0 aliphatic carbocycles. The van der Waals surface area contributed by atoms with Crippen molar-refractivity contribution in [3.05, 3.63) is 86.3 Å². The van der Waals surface area contributed by atoms with Crippen molar-refractivity contribution < 1.29 is 9.50 Å². The average molecular weight is 552 g/mol. The molecule has 0 saturated carbocycles. The number of fused-ring (bicyclic) bond motifs is 1. The maximum absolute atomic E-state index is 13.7. The van der Waals surface area contributed by atoms with E-state index in [-0.39, 0.29) is 30.7 Å². The van der Waals surface area contributed by atoms with E-state index in [9.17, 15) is 19.1 Å². The Labute approximate surface area is 232 Å². The summed E-state index contributed by atoms with van der Waals surface area (Å²) in [6.07, 6.45) is 1.04. The predicted molar refractivity (Wildman–Crippen MR) is 156 cm³/mol. The number of para-hydroxylation sites is 1. The summed E-state index contributed by atoms with van der Waals surface area (Å²) in [6.45, 7) is 2.74. The number of hydrogen-bond acceptors (Lipinski definition) is 7. The van der Waals surface area contributed by atoms with E-state index in [0.717, 1.165) is 15.7 Å². The third-order valence-corrected chi connectivity index (χ3v) is 7.05. The largest absolute Gasteiger partial charge is 0.399 e. The molecular formula is C29H38FN7O3. The molecule has 2 aromatic carbocycles. The van der Waals surface area contributed by atoms with Gasteiger partial charge in [-0.15, -0.1) is 0 Å². The molecule has 214 valence electrons. The third-order valence-electron chi connectivity index (χ3n) is 7.05. The Morgan fingerprint density at radius 3 is 2.55 bits per heavy atom. The lowest BCUT2D eigenvalue weighted by molar-refractivity contribution is 0.167. The standard InChI is InChI=1S/C29H38FN7O3/c1-2-23(38)19-33-13-16-35-25(18-21-8-3-4-10-24(21)32)34-27-26(35)28(39)37(14-6-12-30)29(40)36(27)15-11-20-7-5-9-22(31)17-20/h3-5,7-10,17,23,33,38H,2,6,11-16,18-19,31-32H2,1H3. The summed E-state index contributed by atoms with van der Waals surface area (Å²) in [7, 11) is 0. The van der Waals surface area contributed by atoms with Crippen LogP contribution < -0.4 is 28.0 Å². The second kappa shape index (κ2) is 13.4.